The molecule has 4 nitrogen and oxygen atoms in total. The molecule has 1 aliphatic rings. The first kappa shape index (κ1) is 23.9. The van der Waals surface area contributed by atoms with E-state index in [2.05, 4.69) is 5.32 Å². The Labute approximate surface area is 184 Å². The molecule has 0 saturated carbocycles. The van der Waals surface area contributed by atoms with Crippen LogP contribution in [0.1, 0.15) is 34.3 Å². The maximum atomic E-state index is 13.1. The lowest BCUT2D eigenvalue weighted by Gasteiger charge is -2.32. The van der Waals surface area contributed by atoms with E-state index in [4.69, 9.17) is 11.6 Å². The van der Waals surface area contributed by atoms with Crippen LogP contribution >= 0.6 is 11.6 Å². The van der Waals surface area contributed by atoms with Crippen LogP contribution in [-0.4, -0.2) is 29.8 Å². The number of nitrogens with zero attached hydrogens (tertiary/aromatic N) is 1. The number of nitrogens with one attached hydrogen (secondary N) is 1. The van der Waals surface area contributed by atoms with Crippen LogP contribution < -0.4 is 5.32 Å². The summed E-state index contributed by atoms with van der Waals surface area (Å²) >= 11 is 5.87. The Morgan fingerprint density at radius 2 is 1.59 bits per heavy atom. The normalized spacial score (nSPS) is 17.2. The fraction of sp³-hybridized carbons (Fsp3) is 0.333. The molecule has 2 aromatic carbocycles. The van der Waals surface area contributed by atoms with Crippen LogP contribution in [-0.2, 0) is 17.1 Å². The molecule has 11 heteroatoms. The summed E-state index contributed by atoms with van der Waals surface area (Å²) in [5.74, 6) is -2.11. The largest absolute Gasteiger partial charge is 0.416 e. The third-order valence-corrected chi connectivity index (χ3v) is 5.24. The molecule has 2 aromatic rings. The number of carbonyl (C=O) groups is 2. The zero-order chi connectivity index (χ0) is 23.7. The first-order valence-electron chi connectivity index (χ1n) is 9.50. The average Bonchev–Trinajstić information content (AvgIpc) is 2.71. The maximum absolute atomic E-state index is 13.1. The van der Waals surface area contributed by atoms with E-state index in [1.165, 1.54) is 6.07 Å². The van der Waals surface area contributed by atoms with Gasteiger partial charge in [0, 0.05) is 29.4 Å². The standard InChI is InChI=1S/C21H17ClF6N2O2/c22-16-4-1-5-17(10-16)29-18(31)12-3-2-6-30(11-12)19(32)13-7-14(20(23,24)25)9-15(8-13)21(26,27)28/h1,4-5,7-10,12H,2-3,6,11H2,(H,29,31). The van der Waals surface area contributed by atoms with Crippen molar-refractivity contribution >= 4 is 29.1 Å². The molecular weight excluding hydrogens is 462 g/mol. The molecule has 1 heterocycles. The average molecular weight is 479 g/mol. The van der Waals surface area contributed by atoms with Crippen molar-refractivity contribution in [1.29, 1.82) is 0 Å². The SMILES string of the molecule is O=C(Nc1cccc(Cl)c1)C1CCCN(C(=O)c2cc(C(F)(F)F)cc(C(F)(F)F)c2)C1. The summed E-state index contributed by atoms with van der Waals surface area (Å²) in [5.41, 5.74) is -3.44. The van der Waals surface area contributed by atoms with Crippen molar-refractivity contribution in [2.45, 2.75) is 25.2 Å². The molecule has 0 spiro atoms. The van der Waals surface area contributed by atoms with E-state index in [1.807, 2.05) is 0 Å². The molecule has 1 unspecified atom stereocenters. The van der Waals surface area contributed by atoms with Gasteiger partial charge in [-0.25, -0.2) is 0 Å². The number of amides is 2. The van der Waals surface area contributed by atoms with Gasteiger partial charge in [0.2, 0.25) is 5.91 Å². The van der Waals surface area contributed by atoms with Crippen LogP contribution in [0, 0.1) is 5.92 Å². The van der Waals surface area contributed by atoms with E-state index < -0.39 is 46.8 Å². The molecule has 172 valence electrons. The van der Waals surface area contributed by atoms with Gasteiger partial charge in [0.25, 0.3) is 5.91 Å². The third kappa shape index (κ3) is 5.73. The predicted octanol–water partition coefficient (Wildman–Crippen LogP) is 5.87. The van der Waals surface area contributed by atoms with Crippen molar-refractivity contribution in [2.24, 2.45) is 5.92 Å². The summed E-state index contributed by atoms with van der Waals surface area (Å²) in [6.45, 7) is -0.0276. The third-order valence-electron chi connectivity index (χ3n) is 5.01. The van der Waals surface area contributed by atoms with Gasteiger partial charge < -0.3 is 10.2 Å². The van der Waals surface area contributed by atoms with Gasteiger partial charge >= 0.3 is 12.4 Å². The van der Waals surface area contributed by atoms with Crippen LogP contribution in [0.3, 0.4) is 0 Å². The van der Waals surface area contributed by atoms with Gasteiger partial charge in [-0.2, -0.15) is 26.3 Å². The second kappa shape index (κ2) is 9.01. The van der Waals surface area contributed by atoms with Gasteiger partial charge in [0.05, 0.1) is 17.0 Å². The van der Waals surface area contributed by atoms with Crippen LogP contribution in [0.25, 0.3) is 0 Å². The molecule has 32 heavy (non-hydrogen) atoms. The number of anilines is 1. The van der Waals surface area contributed by atoms with Gasteiger partial charge in [-0.3, -0.25) is 9.59 Å². The van der Waals surface area contributed by atoms with E-state index in [-0.39, 0.29) is 19.2 Å². The molecule has 2 amide bonds. The zero-order valence-corrected chi connectivity index (χ0v) is 17.1. The van der Waals surface area contributed by atoms with Gasteiger partial charge in [0.15, 0.2) is 0 Å². The molecule has 1 fully saturated rings. The van der Waals surface area contributed by atoms with Crippen LogP contribution in [0.15, 0.2) is 42.5 Å². The number of halogens is 7. The minimum absolute atomic E-state index is 0.0335. The van der Waals surface area contributed by atoms with Crippen LogP contribution in [0.5, 0.6) is 0 Å². The fourth-order valence-corrected chi connectivity index (χ4v) is 3.64. The molecule has 1 aliphatic heterocycles. The summed E-state index contributed by atoms with van der Waals surface area (Å²) in [7, 11) is 0. The van der Waals surface area contributed by atoms with Crippen LogP contribution in [0.2, 0.25) is 5.02 Å². The lowest BCUT2D eigenvalue weighted by Crippen LogP contribution is -2.43. The summed E-state index contributed by atoms with van der Waals surface area (Å²) in [5, 5.41) is 3.05. The van der Waals surface area contributed by atoms with Crippen molar-refractivity contribution in [1.82, 2.24) is 4.90 Å². The highest BCUT2D eigenvalue weighted by molar-refractivity contribution is 6.30. The lowest BCUT2D eigenvalue weighted by molar-refractivity contribution is -0.143. The molecule has 1 N–H and O–H groups in total. The highest BCUT2D eigenvalue weighted by Crippen LogP contribution is 2.36. The van der Waals surface area contributed by atoms with Gasteiger partial charge in [-0.15, -0.1) is 0 Å². The molecular formula is C21H17ClF6N2O2. The Morgan fingerprint density at radius 3 is 2.16 bits per heavy atom. The smallest absolute Gasteiger partial charge is 0.338 e. The van der Waals surface area contributed by atoms with Gasteiger partial charge in [-0.1, -0.05) is 17.7 Å². The highest BCUT2D eigenvalue weighted by atomic mass is 35.5. The molecule has 0 bridgehead atoms. The molecule has 1 atom stereocenters. The Bertz CT molecular complexity index is 990. The van der Waals surface area contributed by atoms with Gasteiger partial charge in [0.1, 0.15) is 0 Å². The van der Waals surface area contributed by atoms with E-state index in [1.54, 1.807) is 18.2 Å². The Kier molecular flexibility index (Phi) is 6.73. The molecule has 3 rings (SSSR count). The van der Waals surface area contributed by atoms with Crippen molar-refractivity contribution < 1.29 is 35.9 Å². The Balaban J connectivity index is 1.80. The molecule has 1 saturated heterocycles. The number of likely N-dealkylation sites (tertiary alicyclic amines) is 1. The number of hydrogen-bond donors (Lipinski definition) is 1. The van der Waals surface area contributed by atoms with E-state index in [9.17, 15) is 35.9 Å². The summed E-state index contributed by atoms with van der Waals surface area (Å²) in [6.07, 6.45) is -9.34. The number of hydrogen-bond acceptors (Lipinski definition) is 2. The minimum atomic E-state index is -5.06. The summed E-state index contributed by atoms with van der Waals surface area (Å²) < 4.78 is 78.5. The maximum Gasteiger partial charge on any atom is 0.416 e. The topological polar surface area (TPSA) is 49.4 Å². The number of rotatable bonds is 3. The van der Waals surface area contributed by atoms with E-state index in [0.717, 1.165) is 4.90 Å². The molecule has 0 radical (unpaired) electrons. The number of benzene rings is 2. The van der Waals surface area contributed by atoms with Crippen molar-refractivity contribution in [3.8, 4) is 0 Å². The Hall–Kier alpha value is -2.75. The number of carbonyl (C=O) groups excluding carboxylic acids is 2. The second-order valence-corrected chi connectivity index (χ2v) is 7.82. The lowest BCUT2D eigenvalue weighted by atomic mass is 9.95. The van der Waals surface area contributed by atoms with Gasteiger partial charge in [-0.05, 0) is 49.2 Å². The van der Waals surface area contributed by atoms with Crippen molar-refractivity contribution in [3.63, 3.8) is 0 Å². The number of piperidine rings is 1. The molecule has 0 aliphatic carbocycles. The second-order valence-electron chi connectivity index (χ2n) is 7.38. The van der Waals surface area contributed by atoms with Crippen molar-refractivity contribution in [2.75, 3.05) is 18.4 Å². The first-order chi connectivity index (χ1) is 14.8. The summed E-state index contributed by atoms with van der Waals surface area (Å²) in [4.78, 5) is 26.4. The Morgan fingerprint density at radius 1 is 0.969 bits per heavy atom. The quantitative estimate of drug-likeness (QED) is 0.561. The van der Waals surface area contributed by atoms with E-state index >= 15 is 0 Å². The monoisotopic (exact) mass is 478 g/mol. The van der Waals surface area contributed by atoms with Crippen molar-refractivity contribution in [3.05, 3.63) is 64.2 Å². The minimum Gasteiger partial charge on any atom is -0.338 e. The summed E-state index contributed by atoms with van der Waals surface area (Å²) in [6, 6.07) is 7.13. The zero-order valence-electron chi connectivity index (χ0n) is 16.4. The number of alkyl halides is 6. The fourth-order valence-electron chi connectivity index (χ4n) is 3.45. The van der Waals surface area contributed by atoms with Crippen LogP contribution in [0.4, 0.5) is 32.0 Å². The van der Waals surface area contributed by atoms with E-state index in [0.29, 0.717) is 35.7 Å². The highest BCUT2D eigenvalue weighted by Gasteiger charge is 2.38. The first-order valence-corrected chi connectivity index (χ1v) is 9.87. The molecule has 0 aromatic heterocycles. The predicted molar refractivity (Wildman–Crippen MR) is 105 cm³/mol.